The highest BCUT2D eigenvalue weighted by atomic mass is 35.5. The maximum Gasteiger partial charge on any atom is 0.243 e. The fourth-order valence-electron chi connectivity index (χ4n) is 3.19. The van der Waals surface area contributed by atoms with Crippen LogP contribution in [0.3, 0.4) is 0 Å². The minimum atomic E-state index is -4.03. The number of hydrogen-bond acceptors (Lipinski definition) is 4. The minimum Gasteiger partial charge on any atom is -0.497 e. The van der Waals surface area contributed by atoms with E-state index in [1.54, 1.807) is 38.4 Å². The number of ether oxygens (including phenoxy) is 1. The summed E-state index contributed by atoms with van der Waals surface area (Å²) in [4.78, 5) is 14.6. The van der Waals surface area contributed by atoms with Crippen LogP contribution in [0.2, 0.25) is 15.1 Å². The molecular weight excluding hydrogens is 519 g/mol. The van der Waals surface area contributed by atoms with Crippen LogP contribution in [0.1, 0.15) is 11.1 Å². The van der Waals surface area contributed by atoms with Crippen molar-refractivity contribution in [2.75, 3.05) is 20.7 Å². The Labute approximate surface area is 214 Å². The molecule has 3 aromatic rings. The molecule has 0 aromatic heterocycles. The molecule has 6 nitrogen and oxygen atoms in total. The van der Waals surface area contributed by atoms with Crippen molar-refractivity contribution in [1.29, 1.82) is 0 Å². The maximum atomic E-state index is 13.4. The van der Waals surface area contributed by atoms with Crippen molar-refractivity contribution in [3.63, 3.8) is 0 Å². The average molecular weight is 542 g/mol. The Morgan fingerprint density at radius 3 is 2.09 bits per heavy atom. The zero-order chi connectivity index (χ0) is 24.9. The first-order valence-corrected chi connectivity index (χ1v) is 12.7. The molecule has 0 aliphatic carbocycles. The van der Waals surface area contributed by atoms with Crippen LogP contribution in [0.4, 0.5) is 0 Å². The quantitative estimate of drug-likeness (QED) is 0.358. The van der Waals surface area contributed by atoms with Crippen molar-refractivity contribution in [3.05, 3.63) is 92.9 Å². The number of carbonyl (C=O) groups is 1. The van der Waals surface area contributed by atoms with E-state index in [0.29, 0.717) is 32.9 Å². The summed E-state index contributed by atoms with van der Waals surface area (Å²) in [5, 5.41) is 1.14. The normalized spacial score (nSPS) is 11.5. The summed E-state index contributed by atoms with van der Waals surface area (Å²) in [6, 6.07) is 17.9. The molecule has 0 atom stereocenters. The monoisotopic (exact) mass is 540 g/mol. The second kappa shape index (κ2) is 11.4. The van der Waals surface area contributed by atoms with Crippen LogP contribution in [0.5, 0.6) is 5.75 Å². The van der Waals surface area contributed by atoms with Gasteiger partial charge in [0.25, 0.3) is 0 Å². The molecular formula is C24H23Cl3N2O4S. The Morgan fingerprint density at radius 1 is 0.882 bits per heavy atom. The molecule has 34 heavy (non-hydrogen) atoms. The summed E-state index contributed by atoms with van der Waals surface area (Å²) < 4.78 is 33.1. The standard InChI is InChI=1S/C24H23Cl3N2O4S/c1-28(14-17-3-9-21(33-2)10-4-17)24(30)16-29(15-18-5-6-20(26)13-23(18)27)34(31,32)22-11-7-19(25)8-12-22/h3-13H,14-16H2,1-2H3. The minimum absolute atomic E-state index is 0.0209. The van der Waals surface area contributed by atoms with Crippen molar-refractivity contribution in [2.45, 2.75) is 18.0 Å². The van der Waals surface area contributed by atoms with E-state index in [4.69, 9.17) is 39.5 Å². The number of nitrogens with zero attached hydrogens (tertiary/aromatic N) is 2. The number of hydrogen-bond donors (Lipinski definition) is 0. The summed E-state index contributed by atoms with van der Waals surface area (Å²) in [6.45, 7) is -0.182. The van der Waals surface area contributed by atoms with E-state index in [-0.39, 0.29) is 23.9 Å². The van der Waals surface area contributed by atoms with Gasteiger partial charge < -0.3 is 9.64 Å². The molecule has 0 fully saturated rings. The second-order valence-electron chi connectivity index (χ2n) is 7.56. The van der Waals surface area contributed by atoms with Gasteiger partial charge in [0, 0.05) is 35.2 Å². The fourth-order valence-corrected chi connectivity index (χ4v) is 5.15. The van der Waals surface area contributed by atoms with Gasteiger partial charge in [-0.25, -0.2) is 8.42 Å². The molecule has 180 valence electrons. The number of likely N-dealkylation sites (N-methyl/N-ethyl adjacent to an activating group) is 1. The number of benzene rings is 3. The van der Waals surface area contributed by atoms with Gasteiger partial charge in [-0.1, -0.05) is 53.0 Å². The number of carbonyl (C=O) groups excluding carboxylic acids is 1. The third-order valence-corrected chi connectivity index (χ3v) is 7.77. The van der Waals surface area contributed by atoms with E-state index in [9.17, 15) is 13.2 Å². The SMILES string of the molecule is COc1ccc(CN(C)C(=O)CN(Cc2ccc(Cl)cc2Cl)S(=O)(=O)c2ccc(Cl)cc2)cc1. The van der Waals surface area contributed by atoms with Gasteiger partial charge in [-0.2, -0.15) is 4.31 Å². The molecule has 3 aromatic carbocycles. The second-order valence-corrected chi connectivity index (χ2v) is 10.8. The van der Waals surface area contributed by atoms with Crippen LogP contribution in [-0.4, -0.2) is 44.2 Å². The number of amides is 1. The zero-order valence-electron chi connectivity index (χ0n) is 18.5. The van der Waals surface area contributed by atoms with Gasteiger partial charge in [-0.3, -0.25) is 4.79 Å². The molecule has 0 saturated carbocycles. The molecule has 0 aliphatic rings. The van der Waals surface area contributed by atoms with Gasteiger partial charge in [0.1, 0.15) is 5.75 Å². The van der Waals surface area contributed by atoms with Crippen molar-refractivity contribution in [3.8, 4) is 5.75 Å². The van der Waals surface area contributed by atoms with Crippen molar-refractivity contribution < 1.29 is 17.9 Å². The first-order chi connectivity index (χ1) is 16.1. The van der Waals surface area contributed by atoms with Gasteiger partial charge in [-0.15, -0.1) is 0 Å². The molecule has 0 aliphatic heterocycles. The Morgan fingerprint density at radius 2 is 1.50 bits per heavy atom. The molecule has 0 spiro atoms. The molecule has 0 saturated heterocycles. The molecule has 1 amide bonds. The van der Waals surface area contributed by atoms with Gasteiger partial charge in [0.2, 0.25) is 15.9 Å². The number of methoxy groups -OCH3 is 1. The maximum absolute atomic E-state index is 13.4. The van der Waals surface area contributed by atoms with Crippen LogP contribution in [-0.2, 0) is 27.9 Å². The highest BCUT2D eigenvalue weighted by molar-refractivity contribution is 7.89. The Hall–Kier alpha value is -2.29. The van der Waals surface area contributed by atoms with Crippen LogP contribution in [0.15, 0.2) is 71.6 Å². The summed E-state index contributed by atoms with van der Waals surface area (Å²) in [7, 11) is -0.838. The predicted octanol–water partition coefficient (Wildman–Crippen LogP) is 5.50. The van der Waals surface area contributed by atoms with Crippen LogP contribution in [0, 0.1) is 0 Å². The lowest BCUT2D eigenvalue weighted by Gasteiger charge is -2.25. The zero-order valence-corrected chi connectivity index (χ0v) is 21.6. The number of rotatable bonds is 9. The molecule has 0 N–H and O–H groups in total. The summed E-state index contributed by atoms with van der Waals surface area (Å²) >= 11 is 18.2. The van der Waals surface area contributed by atoms with E-state index in [1.165, 1.54) is 35.2 Å². The Kier molecular flexibility index (Phi) is 8.84. The van der Waals surface area contributed by atoms with E-state index in [0.717, 1.165) is 9.87 Å². The average Bonchev–Trinajstić information content (AvgIpc) is 2.80. The third kappa shape index (κ3) is 6.64. The molecule has 0 unspecified atom stereocenters. The first-order valence-electron chi connectivity index (χ1n) is 10.2. The summed E-state index contributed by atoms with van der Waals surface area (Å²) in [5.41, 5.74) is 1.40. The molecule has 0 radical (unpaired) electrons. The van der Waals surface area contributed by atoms with Crippen LogP contribution >= 0.6 is 34.8 Å². The van der Waals surface area contributed by atoms with Gasteiger partial charge in [0.05, 0.1) is 18.6 Å². The van der Waals surface area contributed by atoms with Gasteiger partial charge in [-0.05, 0) is 59.7 Å². The molecule has 0 heterocycles. The Balaban J connectivity index is 1.86. The molecule has 10 heteroatoms. The largest absolute Gasteiger partial charge is 0.497 e. The lowest BCUT2D eigenvalue weighted by atomic mass is 10.2. The number of halogens is 3. The van der Waals surface area contributed by atoms with E-state index in [1.807, 2.05) is 12.1 Å². The highest BCUT2D eigenvalue weighted by Crippen LogP contribution is 2.26. The number of sulfonamides is 1. The van der Waals surface area contributed by atoms with Crippen molar-refractivity contribution in [2.24, 2.45) is 0 Å². The van der Waals surface area contributed by atoms with E-state index >= 15 is 0 Å². The lowest BCUT2D eigenvalue weighted by Crippen LogP contribution is -2.41. The molecule has 3 rings (SSSR count). The fraction of sp³-hybridized carbons (Fsp3) is 0.208. The van der Waals surface area contributed by atoms with Gasteiger partial charge >= 0.3 is 0 Å². The predicted molar refractivity (Wildman–Crippen MR) is 135 cm³/mol. The van der Waals surface area contributed by atoms with Crippen LogP contribution < -0.4 is 4.74 Å². The van der Waals surface area contributed by atoms with E-state index < -0.39 is 10.0 Å². The van der Waals surface area contributed by atoms with Crippen molar-refractivity contribution >= 4 is 50.7 Å². The van der Waals surface area contributed by atoms with Gasteiger partial charge in [0.15, 0.2) is 0 Å². The lowest BCUT2D eigenvalue weighted by molar-refractivity contribution is -0.130. The smallest absolute Gasteiger partial charge is 0.243 e. The first kappa shape index (κ1) is 26.3. The topological polar surface area (TPSA) is 66.9 Å². The third-order valence-electron chi connectivity index (χ3n) is 5.13. The van der Waals surface area contributed by atoms with E-state index in [2.05, 4.69) is 0 Å². The Bertz CT molecular complexity index is 1250. The summed E-state index contributed by atoms with van der Waals surface area (Å²) in [5.74, 6) is 0.330. The molecule has 0 bridgehead atoms. The van der Waals surface area contributed by atoms with Crippen LogP contribution in [0.25, 0.3) is 0 Å². The summed E-state index contributed by atoms with van der Waals surface area (Å²) in [6.07, 6.45) is 0. The highest BCUT2D eigenvalue weighted by Gasteiger charge is 2.28. The van der Waals surface area contributed by atoms with Crippen molar-refractivity contribution in [1.82, 2.24) is 9.21 Å².